The van der Waals surface area contributed by atoms with Crippen LogP contribution in [0.3, 0.4) is 0 Å². The van der Waals surface area contributed by atoms with Crippen molar-refractivity contribution in [1.29, 1.82) is 0 Å². The van der Waals surface area contributed by atoms with E-state index in [-0.39, 0.29) is 12.6 Å². The van der Waals surface area contributed by atoms with Crippen LogP contribution in [0.2, 0.25) is 0 Å². The number of benzene rings is 1. The lowest BCUT2D eigenvalue weighted by molar-refractivity contribution is -0.159. The third kappa shape index (κ3) is 3.51. The highest BCUT2D eigenvalue weighted by atomic mass is 79.9. The minimum absolute atomic E-state index is 0.00887. The van der Waals surface area contributed by atoms with Crippen LogP contribution in [-0.4, -0.2) is 24.5 Å². The highest BCUT2D eigenvalue weighted by molar-refractivity contribution is 9.10. The van der Waals surface area contributed by atoms with Gasteiger partial charge in [0.1, 0.15) is 6.10 Å². The molecule has 1 N–H and O–H groups in total. The van der Waals surface area contributed by atoms with E-state index in [1.54, 1.807) is 0 Å². The molecule has 19 heavy (non-hydrogen) atoms. The van der Waals surface area contributed by atoms with Crippen LogP contribution in [0.1, 0.15) is 24.9 Å². The zero-order chi connectivity index (χ0) is 14.0. The van der Waals surface area contributed by atoms with E-state index in [1.165, 1.54) is 0 Å². The van der Waals surface area contributed by atoms with Crippen LogP contribution in [0.15, 0.2) is 28.7 Å². The van der Waals surface area contributed by atoms with Gasteiger partial charge in [0.15, 0.2) is 0 Å². The average molecular weight is 334 g/mol. The monoisotopic (exact) mass is 333 g/mol. The van der Waals surface area contributed by atoms with Crippen molar-refractivity contribution in [1.82, 2.24) is 5.32 Å². The number of halogens is 3. The van der Waals surface area contributed by atoms with Crippen molar-refractivity contribution in [2.24, 2.45) is 0 Å². The summed E-state index contributed by atoms with van der Waals surface area (Å²) >= 11 is 3.37. The first-order valence-corrected chi connectivity index (χ1v) is 6.75. The van der Waals surface area contributed by atoms with E-state index in [0.29, 0.717) is 0 Å². The van der Waals surface area contributed by atoms with Crippen molar-refractivity contribution in [2.75, 3.05) is 6.54 Å². The predicted molar refractivity (Wildman–Crippen MR) is 70.0 cm³/mol. The molecule has 0 radical (unpaired) electrons. The minimum Gasteiger partial charge on any atom is -0.456 e. The van der Waals surface area contributed by atoms with Gasteiger partial charge in [0.2, 0.25) is 0 Å². The second-order valence-electron chi connectivity index (χ2n) is 4.62. The lowest BCUT2D eigenvalue weighted by atomic mass is 10.1. The van der Waals surface area contributed by atoms with Crippen LogP contribution in [0.4, 0.5) is 8.78 Å². The van der Waals surface area contributed by atoms with E-state index in [9.17, 15) is 13.6 Å². The van der Waals surface area contributed by atoms with E-state index in [4.69, 9.17) is 0 Å². The Labute approximate surface area is 118 Å². The fourth-order valence-electron chi connectivity index (χ4n) is 1.96. The van der Waals surface area contributed by atoms with E-state index in [2.05, 4.69) is 26.0 Å². The van der Waals surface area contributed by atoms with Gasteiger partial charge in [-0.25, -0.2) is 4.79 Å². The highest BCUT2D eigenvalue weighted by Gasteiger charge is 2.50. The van der Waals surface area contributed by atoms with Gasteiger partial charge >= 0.3 is 11.9 Å². The fraction of sp³-hybridized carbons (Fsp3) is 0.462. The van der Waals surface area contributed by atoms with Gasteiger partial charge in [-0.2, -0.15) is 8.78 Å². The van der Waals surface area contributed by atoms with Crippen molar-refractivity contribution in [3.8, 4) is 0 Å². The summed E-state index contributed by atoms with van der Waals surface area (Å²) in [5, 5.41) is 3.10. The molecule has 0 saturated carbocycles. The summed E-state index contributed by atoms with van der Waals surface area (Å²) in [6.07, 6.45) is -1.32. The molecule has 0 aromatic heterocycles. The molecular weight excluding hydrogens is 320 g/mol. The molecule has 0 bridgehead atoms. The largest absolute Gasteiger partial charge is 0.456 e. The zero-order valence-electron chi connectivity index (χ0n) is 10.3. The van der Waals surface area contributed by atoms with E-state index >= 15 is 0 Å². The molecule has 2 atom stereocenters. The molecule has 2 rings (SSSR count). The van der Waals surface area contributed by atoms with Gasteiger partial charge in [0.05, 0.1) is 6.42 Å². The summed E-state index contributed by atoms with van der Waals surface area (Å²) in [7, 11) is 0. The third-order valence-electron chi connectivity index (χ3n) is 3.06. The summed E-state index contributed by atoms with van der Waals surface area (Å²) < 4.78 is 31.5. The molecular formula is C13H14BrF2NO2. The summed E-state index contributed by atoms with van der Waals surface area (Å²) in [5.74, 6) is -4.76. The molecule has 6 heteroatoms. The predicted octanol–water partition coefficient (Wildman–Crippen LogP) is 3.05. The van der Waals surface area contributed by atoms with E-state index in [1.807, 2.05) is 31.2 Å². The Hall–Kier alpha value is -1.01. The number of rotatable bonds is 4. The number of esters is 1. The first-order chi connectivity index (χ1) is 8.88. The molecule has 1 heterocycles. The number of hydrogen-bond donors (Lipinski definition) is 1. The molecule has 0 aliphatic carbocycles. The molecule has 3 nitrogen and oxygen atoms in total. The Kier molecular flexibility index (Phi) is 4.20. The molecule has 0 spiro atoms. The lowest BCUT2D eigenvalue weighted by Gasteiger charge is -2.17. The highest BCUT2D eigenvalue weighted by Crippen LogP contribution is 2.30. The van der Waals surface area contributed by atoms with Crippen LogP contribution in [0.25, 0.3) is 0 Å². The van der Waals surface area contributed by atoms with Crippen LogP contribution in [0, 0.1) is 0 Å². The molecule has 1 fully saturated rings. The number of hydrogen-bond acceptors (Lipinski definition) is 3. The summed E-state index contributed by atoms with van der Waals surface area (Å²) in [6, 6.07) is 7.70. The van der Waals surface area contributed by atoms with Crippen molar-refractivity contribution in [3.63, 3.8) is 0 Å². The Morgan fingerprint density at radius 3 is 2.89 bits per heavy atom. The van der Waals surface area contributed by atoms with Gasteiger partial charge in [-0.1, -0.05) is 28.1 Å². The van der Waals surface area contributed by atoms with Crippen molar-refractivity contribution < 1.29 is 18.3 Å². The SMILES string of the molecule is CC(NCC1CC(F)(F)C(=O)O1)c1cccc(Br)c1. The van der Waals surface area contributed by atoms with Crippen LogP contribution < -0.4 is 5.32 Å². The van der Waals surface area contributed by atoms with Crippen molar-refractivity contribution in [3.05, 3.63) is 34.3 Å². The number of carbonyl (C=O) groups is 1. The number of ether oxygens (including phenoxy) is 1. The Morgan fingerprint density at radius 2 is 2.32 bits per heavy atom. The Balaban J connectivity index is 1.88. The first kappa shape index (κ1) is 14.4. The van der Waals surface area contributed by atoms with Gasteiger partial charge in [-0.3, -0.25) is 0 Å². The van der Waals surface area contributed by atoms with E-state index in [0.717, 1.165) is 10.0 Å². The quantitative estimate of drug-likeness (QED) is 0.860. The van der Waals surface area contributed by atoms with Gasteiger partial charge in [-0.15, -0.1) is 0 Å². The summed E-state index contributed by atoms with van der Waals surface area (Å²) in [6.45, 7) is 2.14. The molecule has 1 aliphatic heterocycles. The average Bonchev–Trinajstić information content (AvgIpc) is 2.60. The van der Waals surface area contributed by atoms with Crippen molar-refractivity contribution >= 4 is 21.9 Å². The maximum absolute atomic E-state index is 13.0. The number of carbonyl (C=O) groups excluding carboxylic acids is 1. The standard InChI is InChI=1S/C13H14BrF2NO2/c1-8(9-3-2-4-10(14)5-9)17-7-11-6-13(15,16)12(18)19-11/h2-5,8,11,17H,6-7H2,1H3. The topological polar surface area (TPSA) is 38.3 Å². The molecule has 104 valence electrons. The van der Waals surface area contributed by atoms with Crippen molar-refractivity contribution in [2.45, 2.75) is 31.4 Å². The first-order valence-electron chi connectivity index (χ1n) is 5.96. The molecule has 1 saturated heterocycles. The zero-order valence-corrected chi connectivity index (χ0v) is 11.9. The second kappa shape index (κ2) is 5.54. The maximum atomic E-state index is 13.0. The smallest absolute Gasteiger partial charge is 0.377 e. The van der Waals surface area contributed by atoms with Gasteiger partial charge in [0, 0.05) is 17.1 Å². The van der Waals surface area contributed by atoms with Crippen LogP contribution in [-0.2, 0) is 9.53 Å². The normalized spacial score (nSPS) is 23.2. The van der Waals surface area contributed by atoms with Crippen LogP contribution in [0.5, 0.6) is 0 Å². The van der Waals surface area contributed by atoms with Crippen LogP contribution >= 0.6 is 15.9 Å². The number of alkyl halides is 2. The summed E-state index contributed by atoms with van der Waals surface area (Å²) in [5.41, 5.74) is 1.03. The maximum Gasteiger partial charge on any atom is 0.377 e. The molecule has 2 unspecified atom stereocenters. The number of nitrogens with one attached hydrogen (secondary N) is 1. The molecule has 0 amide bonds. The molecule has 1 aromatic carbocycles. The Bertz CT molecular complexity index is 481. The van der Waals surface area contributed by atoms with Gasteiger partial charge < -0.3 is 10.1 Å². The number of cyclic esters (lactones) is 1. The minimum atomic E-state index is -3.34. The molecule has 1 aliphatic rings. The van der Waals surface area contributed by atoms with Gasteiger partial charge in [-0.05, 0) is 24.6 Å². The fourth-order valence-corrected chi connectivity index (χ4v) is 2.38. The summed E-state index contributed by atoms with van der Waals surface area (Å²) in [4.78, 5) is 10.9. The van der Waals surface area contributed by atoms with Gasteiger partial charge in [0.25, 0.3) is 0 Å². The van der Waals surface area contributed by atoms with E-state index < -0.39 is 24.4 Å². The molecule has 1 aromatic rings. The third-order valence-corrected chi connectivity index (χ3v) is 3.55. The lowest BCUT2D eigenvalue weighted by Crippen LogP contribution is -2.29. The second-order valence-corrected chi connectivity index (χ2v) is 5.54. The Morgan fingerprint density at radius 1 is 1.58 bits per heavy atom.